The number of furan rings is 1. The van der Waals surface area contributed by atoms with E-state index in [-0.39, 0.29) is 0 Å². The monoisotopic (exact) mass is 795 g/mol. The molecule has 0 aliphatic heterocycles. The van der Waals surface area contributed by atoms with Gasteiger partial charge in [0.2, 0.25) is 0 Å². The molecule has 12 aromatic rings. The number of nitrogens with zero attached hydrogens (tertiary/aromatic N) is 7. The lowest BCUT2D eigenvalue weighted by atomic mass is 10.1. The van der Waals surface area contributed by atoms with Crippen LogP contribution in [0.3, 0.4) is 0 Å². The summed E-state index contributed by atoms with van der Waals surface area (Å²) in [5.41, 5.74) is 9.76. The number of hydrogen-bond donors (Lipinski definition) is 0. The number of rotatable bonds is 7. The van der Waals surface area contributed by atoms with Crippen molar-refractivity contribution in [1.29, 1.82) is 0 Å². The molecule has 0 aliphatic rings. The molecule has 62 heavy (non-hydrogen) atoms. The van der Waals surface area contributed by atoms with Gasteiger partial charge >= 0.3 is 0 Å². The van der Waals surface area contributed by atoms with Crippen LogP contribution in [0.25, 0.3) is 118 Å². The van der Waals surface area contributed by atoms with E-state index in [9.17, 15) is 0 Å². The van der Waals surface area contributed by atoms with Gasteiger partial charge in [0.1, 0.15) is 11.2 Å². The van der Waals surface area contributed by atoms with Crippen molar-refractivity contribution in [2.75, 3.05) is 0 Å². The number of benzene rings is 8. The predicted octanol–water partition coefficient (Wildman–Crippen LogP) is 13.1. The highest BCUT2D eigenvalue weighted by atomic mass is 16.3. The van der Waals surface area contributed by atoms with E-state index in [2.05, 4.69) is 71.3 Å². The Morgan fingerprint density at radius 1 is 0.290 bits per heavy atom. The topological polar surface area (TPSA) is 95.4 Å². The Labute approximate surface area is 355 Å². The summed E-state index contributed by atoms with van der Waals surface area (Å²) in [7, 11) is 0. The zero-order valence-corrected chi connectivity index (χ0v) is 33.1. The molecule has 8 nitrogen and oxygen atoms in total. The van der Waals surface area contributed by atoms with Crippen molar-refractivity contribution in [3.8, 4) is 74.0 Å². The summed E-state index contributed by atoms with van der Waals surface area (Å²) in [5, 5.41) is 4.28. The van der Waals surface area contributed by atoms with Gasteiger partial charge in [-0.25, -0.2) is 29.9 Å². The second kappa shape index (κ2) is 14.6. The van der Waals surface area contributed by atoms with Crippen molar-refractivity contribution >= 4 is 43.7 Å². The minimum Gasteiger partial charge on any atom is -0.456 e. The van der Waals surface area contributed by atoms with Crippen LogP contribution in [0.5, 0.6) is 0 Å². The van der Waals surface area contributed by atoms with Crippen LogP contribution in [0.15, 0.2) is 205 Å². The molecule has 12 rings (SSSR count). The molecule has 0 fully saturated rings. The van der Waals surface area contributed by atoms with E-state index in [1.54, 1.807) is 0 Å². The molecule has 4 heterocycles. The first-order valence-corrected chi connectivity index (χ1v) is 20.5. The summed E-state index contributed by atoms with van der Waals surface area (Å²) in [6.07, 6.45) is 0. The average Bonchev–Trinajstić information content (AvgIpc) is 3.88. The Morgan fingerprint density at radius 3 is 1.29 bits per heavy atom. The van der Waals surface area contributed by atoms with E-state index in [4.69, 9.17) is 34.3 Å². The molecule has 0 amide bonds. The van der Waals surface area contributed by atoms with Crippen molar-refractivity contribution in [3.63, 3.8) is 0 Å². The fourth-order valence-corrected chi connectivity index (χ4v) is 8.36. The third kappa shape index (κ3) is 6.09. The number of fused-ring (bicyclic) bond motifs is 6. The maximum absolute atomic E-state index is 6.42. The molecule has 8 heteroatoms. The van der Waals surface area contributed by atoms with E-state index in [0.717, 1.165) is 82.8 Å². The SMILES string of the molecule is c1ccc(-c2nc(-c3ccccc3)nc(-c3ccc(-n4c5ccccc5c5cc6oc7ccccc7c6cc54)c(-c4nc(-c5ccccc5)nc(-c5ccccc5)n4)c3)n2)cc1. The molecule has 4 aromatic heterocycles. The molecule has 290 valence electrons. The quantitative estimate of drug-likeness (QED) is 0.158. The molecule has 0 bridgehead atoms. The predicted molar refractivity (Wildman–Crippen MR) is 247 cm³/mol. The molecule has 0 atom stereocenters. The van der Waals surface area contributed by atoms with Crippen LogP contribution in [0.1, 0.15) is 0 Å². The number of aromatic nitrogens is 7. The minimum absolute atomic E-state index is 0.510. The van der Waals surface area contributed by atoms with Crippen molar-refractivity contribution in [1.82, 2.24) is 34.5 Å². The standard InChI is InChI=1S/C54H33N7O/c1-5-17-34(18-6-1)49-55-50(35-19-7-2-8-20-35)58-53(57-49)38-29-30-45(43(31-38)54-59-51(36-21-9-3-10-22-36)56-52(60-54)37-23-11-4-12-24-37)61-44-27-15-13-25-39(44)41-33-48-42(32-46(41)61)40-26-14-16-28-47(40)62-48/h1-33H. The highest BCUT2D eigenvalue weighted by molar-refractivity contribution is 6.17. The van der Waals surface area contributed by atoms with Crippen LogP contribution in [0.2, 0.25) is 0 Å². The Hall–Kier alpha value is -8.62. The Kier molecular flexibility index (Phi) is 8.31. The zero-order valence-electron chi connectivity index (χ0n) is 33.1. The first-order valence-electron chi connectivity index (χ1n) is 20.5. The van der Waals surface area contributed by atoms with Crippen molar-refractivity contribution in [2.24, 2.45) is 0 Å². The van der Waals surface area contributed by atoms with Gasteiger partial charge in [0.15, 0.2) is 34.9 Å². The smallest absolute Gasteiger partial charge is 0.166 e. The lowest BCUT2D eigenvalue weighted by molar-refractivity contribution is 0.669. The van der Waals surface area contributed by atoms with Gasteiger partial charge in [-0.05, 0) is 42.5 Å². The van der Waals surface area contributed by atoms with Crippen LogP contribution in [0.4, 0.5) is 0 Å². The molecular formula is C54H33N7O. The van der Waals surface area contributed by atoms with E-state index in [1.807, 2.05) is 133 Å². The van der Waals surface area contributed by atoms with Gasteiger partial charge in [0, 0.05) is 54.9 Å². The van der Waals surface area contributed by atoms with Gasteiger partial charge < -0.3 is 8.98 Å². The Balaban J connectivity index is 1.17. The van der Waals surface area contributed by atoms with Crippen LogP contribution in [-0.4, -0.2) is 34.5 Å². The lowest BCUT2D eigenvalue weighted by Crippen LogP contribution is -2.05. The molecule has 0 N–H and O–H groups in total. The molecule has 0 unspecified atom stereocenters. The van der Waals surface area contributed by atoms with Gasteiger partial charge in [-0.1, -0.05) is 158 Å². The van der Waals surface area contributed by atoms with E-state index in [1.165, 1.54) is 0 Å². The van der Waals surface area contributed by atoms with Gasteiger partial charge in [-0.15, -0.1) is 0 Å². The van der Waals surface area contributed by atoms with Crippen molar-refractivity contribution in [3.05, 3.63) is 200 Å². The maximum Gasteiger partial charge on any atom is 0.166 e. The summed E-state index contributed by atoms with van der Waals surface area (Å²) in [4.78, 5) is 30.8. The average molecular weight is 796 g/mol. The normalized spacial score (nSPS) is 11.5. The number of para-hydroxylation sites is 2. The molecule has 0 radical (unpaired) electrons. The Morgan fingerprint density at radius 2 is 0.742 bits per heavy atom. The lowest BCUT2D eigenvalue weighted by Gasteiger charge is -2.16. The fourth-order valence-electron chi connectivity index (χ4n) is 8.36. The second-order valence-corrected chi connectivity index (χ2v) is 15.1. The Bertz CT molecular complexity index is 3510. The third-order valence-electron chi connectivity index (χ3n) is 11.3. The van der Waals surface area contributed by atoms with E-state index < -0.39 is 0 Å². The van der Waals surface area contributed by atoms with E-state index in [0.29, 0.717) is 34.9 Å². The van der Waals surface area contributed by atoms with Crippen LogP contribution in [0, 0.1) is 0 Å². The fraction of sp³-hybridized carbons (Fsp3) is 0. The third-order valence-corrected chi connectivity index (χ3v) is 11.3. The first-order chi connectivity index (χ1) is 30.7. The van der Waals surface area contributed by atoms with Gasteiger partial charge in [-0.2, -0.15) is 0 Å². The molecular weight excluding hydrogens is 763 g/mol. The largest absolute Gasteiger partial charge is 0.456 e. The first kappa shape index (κ1) is 35.3. The summed E-state index contributed by atoms with van der Waals surface area (Å²) in [6.45, 7) is 0. The summed E-state index contributed by atoms with van der Waals surface area (Å²) < 4.78 is 8.74. The van der Waals surface area contributed by atoms with Gasteiger partial charge in [0.05, 0.1) is 16.7 Å². The van der Waals surface area contributed by atoms with Gasteiger partial charge in [0.25, 0.3) is 0 Å². The molecule has 0 aliphatic carbocycles. The van der Waals surface area contributed by atoms with Crippen molar-refractivity contribution < 1.29 is 4.42 Å². The molecule has 0 saturated heterocycles. The minimum atomic E-state index is 0.510. The maximum atomic E-state index is 6.42. The van der Waals surface area contributed by atoms with Crippen molar-refractivity contribution in [2.45, 2.75) is 0 Å². The summed E-state index contributed by atoms with van der Waals surface area (Å²) in [5.74, 6) is 3.33. The second-order valence-electron chi connectivity index (χ2n) is 15.1. The summed E-state index contributed by atoms with van der Waals surface area (Å²) >= 11 is 0. The molecule has 0 saturated carbocycles. The van der Waals surface area contributed by atoms with Gasteiger partial charge in [-0.3, -0.25) is 0 Å². The molecule has 0 spiro atoms. The van der Waals surface area contributed by atoms with Crippen LogP contribution < -0.4 is 0 Å². The highest BCUT2D eigenvalue weighted by Gasteiger charge is 2.23. The van der Waals surface area contributed by atoms with E-state index >= 15 is 0 Å². The zero-order chi connectivity index (χ0) is 41.0. The molecule has 8 aromatic carbocycles. The highest BCUT2D eigenvalue weighted by Crippen LogP contribution is 2.41. The van der Waals surface area contributed by atoms with Crippen LogP contribution >= 0.6 is 0 Å². The number of hydrogen-bond acceptors (Lipinski definition) is 7. The summed E-state index contributed by atoms with van der Waals surface area (Å²) in [6, 6.07) is 67.6. The van der Waals surface area contributed by atoms with Crippen LogP contribution in [-0.2, 0) is 0 Å².